The van der Waals surface area contributed by atoms with Crippen molar-refractivity contribution < 1.29 is 18.3 Å². The molecule has 0 saturated carbocycles. The van der Waals surface area contributed by atoms with E-state index < -0.39 is 6.61 Å². The summed E-state index contributed by atoms with van der Waals surface area (Å²) < 4.78 is 28.4. The molecule has 2 rings (SSSR count). The third kappa shape index (κ3) is 3.57. The van der Waals surface area contributed by atoms with Gasteiger partial charge in [-0.1, -0.05) is 18.3 Å². The number of hydrogen-bond donors (Lipinski definition) is 0. The molecule has 7 heteroatoms. The zero-order valence-corrected chi connectivity index (χ0v) is 11.5. The first-order chi connectivity index (χ1) is 9.45. The number of anilines is 1. The van der Waals surface area contributed by atoms with Crippen LogP contribution < -0.4 is 9.64 Å². The predicted octanol–water partition coefficient (Wildman–Crippen LogP) is 3.26. The maximum absolute atomic E-state index is 12.1. The normalized spacial score (nSPS) is 17.1. The first kappa shape index (κ1) is 14.5. The number of halogens is 2. The second kappa shape index (κ2) is 6.04. The summed E-state index contributed by atoms with van der Waals surface area (Å²) in [5.74, 6) is -0.218. The Morgan fingerprint density at radius 1 is 1.45 bits per heavy atom. The van der Waals surface area contributed by atoms with Gasteiger partial charge >= 0.3 is 6.61 Å². The van der Waals surface area contributed by atoms with Crippen LogP contribution in [0.4, 0.5) is 14.5 Å². The number of nitrogens with zero attached hydrogens (tertiary/aromatic N) is 2. The van der Waals surface area contributed by atoms with Crippen molar-refractivity contribution in [3.63, 3.8) is 0 Å². The molecule has 1 fully saturated rings. The topological polar surface area (TPSA) is 41.9 Å². The minimum atomic E-state index is -2.85. The molecule has 0 aliphatic carbocycles. The van der Waals surface area contributed by atoms with E-state index in [1.165, 1.54) is 30.8 Å². The van der Waals surface area contributed by atoms with Crippen molar-refractivity contribution in [2.75, 3.05) is 11.4 Å². The van der Waals surface area contributed by atoms with E-state index >= 15 is 0 Å². The highest BCUT2D eigenvalue weighted by Gasteiger charge is 2.24. The fourth-order valence-corrected chi connectivity index (χ4v) is 2.59. The van der Waals surface area contributed by atoms with Gasteiger partial charge in [-0.05, 0) is 24.3 Å². The number of hydrogen-bond acceptors (Lipinski definition) is 3. The van der Waals surface area contributed by atoms with Crippen molar-refractivity contribution in [3.8, 4) is 5.75 Å². The molecule has 1 saturated heterocycles. The van der Waals surface area contributed by atoms with Gasteiger partial charge in [0.15, 0.2) is 5.17 Å². The lowest BCUT2D eigenvalue weighted by Gasteiger charge is -2.17. The van der Waals surface area contributed by atoms with Crippen LogP contribution in [0, 0.1) is 0 Å². The molecule has 20 heavy (non-hydrogen) atoms. The molecule has 0 atom stereocenters. The van der Waals surface area contributed by atoms with Crippen molar-refractivity contribution in [2.24, 2.45) is 4.99 Å². The molecule has 1 aliphatic heterocycles. The highest BCUT2D eigenvalue weighted by Crippen LogP contribution is 2.33. The van der Waals surface area contributed by atoms with E-state index in [2.05, 4.69) is 16.3 Å². The molecule has 4 nitrogen and oxygen atoms in total. The maximum atomic E-state index is 12.1. The highest BCUT2D eigenvalue weighted by molar-refractivity contribution is 8.18. The second-order valence-corrected chi connectivity index (χ2v) is 5.16. The number of alkyl halides is 2. The van der Waals surface area contributed by atoms with Gasteiger partial charge in [-0.2, -0.15) is 13.8 Å². The zero-order chi connectivity index (χ0) is 14.7. The number of rotatable bonds is 3. The van der Waals surface area contributed by atoms with E-state index in [9.17, 15) is 13.6 Å². The number of amides is 1. The summed E-state index contributed by atoms with van der Waals surface area (Å²) in [7, 11) is 0. The number of amidine groups is 1. The number of carbonyl (C=O) groups is 1. The molecule has 0 spiro atoms. The largest absolute Gasteiger partial charge is 0.435 e. The summed E-state index contributed by atoms with van der Waals surface area (Å²) in [6.45, 7) is 2.89. The van der Waals surface area contributed by atoms with Gasteiger partial charge in [0.25, 0.3) is 0 Å². The summed E-state index contributed by atoms with van der Waals surface area (Å²) in [5.41, 5.74) is 0.734. The number of thioether (sulfide) groups is 1. The average molecular weight is 298 g/mol. The van der Waals surface area contributed by atoms with Crippen LogP contribution in [-0.2, 0) is 4.79 Å². The minimum Gasteiger partial charge on any atom is -0.435 e. The Hall–Kier alpha value is -1.89. The fraction of sp³-hybridized carbons (Fsp3) is 0.231. The van der Waals surface area contributed by atoms with Crippen LogP contribution in [-0.4, -0.2) is 24.2 Å². The van der Waals surface area contributed by atoms with Crippen LogP contribution >= 0.6 is 11.8 Å². The third-order valence-electron chi connectivity index (χ3n) is 2.43. The van der Waals surface area contributed by atoms with Crippen molar-refractivity contribution in [1.29, 1.82) is 0 Å². The third-order valence-corrected chi connectivity index (χ3v) is 3.34. The molecule has 0 radical (unpaired) electrons. The Morgan fingerprint density at radius 2 is 2.10 bits per heavy atom. The molecule has 1 aromatic carbocycles. The van der Waals surface area contributed by atoms with Crippen molar-refractivity contribution in [1.82, 2.24) is 0 Å². The van der Waals surface area contributed by atoms with Gasteiger partial charge in [-0.25, -0.2) is 0 Å². The Morgan fingerprint density at radius 3 is 2.65 bits per heavy atom. The van der Waals surface area contributed by atoms with E-state index in [0.717, 1.165) is 10.6 Å². The number of carbonyl (C=O) groups excluding carboxylic acids is 1. The van der Waals surface area contributed by atoms with E-state index in [0.29, 0.717) is 11.7 Å². The van der Waals surface area contributed by atoms with Crippen molar-refractivity contribution in [3.05, 3.63) is 35.7 Å². The molecule has 0 bridgehead atoms. The summed E-state index contributed by atoms with van der Waals surface area (Å²) in [5, 5.41) is 0.532. The van der Waals surface area contributed by atoms with Gasteiger partial charge in [0.05, 0.1) is 6.54 Å². The Labute approximate surface area is 119 Å². The van der Waals surface area contributed by atoms with Gasteiger partial charge in [-0.15, -0.1) is 0 Å². The van der Waals surface area contributed by atoms with E-state index in [1.54, 1.807) is 17.0 Å². The predicted molar refractivity (Wildman–Crippen MR) is 75.3 cm³/mol. The first-order valence-electron chi connectivity index (χ1n) is 5.73. The van der Waals surface area contributed by atoms with Gasteiger partial charge in [0, 0.05) is 17.5 Å². The molecule has 0 unspecified atom stereocenters. The van der Waals surface area contributed by atoms with Crippen LogP contribution in [0.3, 0.4) is 0 Å². The summed E-state index contributed by atoms with van der Waals surface area (Å²) >= 11 is 1.32. The lowest BCUT2D eigenvalue weighted by molar-refractivity contribution is -0.115. The molecule has 0 aromatic heterocycles. The van der Waals surface area contributed by atoms with Crippen LogP contribution in [0.5, 0.6) is 5.75 Å². The second-order valence-electron chi connectivity index (χ2n) is 4.01. The monoisotopic (exact) mass is 298 g/mol. The van der Waals surface area contributed by atoms with Gasteiger partial charge in [0.1, 0.15) is 5.75 Å². The number of aliphatic imine (C=N–C) groups is 1. The van der Waals surface area contributed by atoms with Gasteiger partial charge < -0.3 is 9.64 Å². The summed E-state index contributed by atoms with van der Waals surface area (Å²) in [6, 6.07) is 6.15. The molecular weight excluding hydrogens is 286 g/mol. The van der Waals surface area contributed by atoms with E-state index in [1.807, 2.05) is 0 Å². The lowest BCUT2D eigenvalue weighted by atomic mass is 10.3. The van der Waals surface area contributed by atoms with Crippen LogP contribution in [0.2, 0.25) is 0 Å². The van der Waals surface area contributed by atoms with E-state index in [4.69, 9.17) is 0 Å². The van der Waals surface area contributed by atoms with Gasteiger partial charge in [0.2, 0.25) is 5.91 Å². The van der Waals surface area contributed by atoms with Crippen LogP contribution in [0.1, 0.15) is 6.92 Å². The molecule has 1 amide bonds. The smallest absolute Gasteiger partial charge is 0.387 e. The molecule has 1 aliphatic rings. The Kier molecular flexibility index (Phi) is 4.39. The SMILES string of the molecule is C=C1CN(c2ccc(OC(F)F)cc2)/C(=N/C(C)=O)S1. The Bertz CT molecular complexity index is 558. The number of ether oxygens (including phenoxy) is 1. The standard InChI is InChI=1S/C13H12F2N2O2S/c1-8-7-17(13(20-8)16-9(2)18)10-3-5-11(6-4-10)19-12(14)15/h3-6,12H,1,7H2,2H3/b16-13-. The minimum absolute atomic E-state index is 0.0829. The summed E-state index contributed by atoms with van der Waals surface area (Å²) in [4.78, 5) is 17.7. The number of benzene rings is 1. The van der Waals surface area contributed by atoms with Gasteiger partial charge in [-0.3, -0.25) is 4.79 Å². The molecular formula is C13H12F2N2O2S. The van der Waals surface area contributed by atoms with Crippen LogP contribution in [0.25, 0.3) is 0 Å². The maximum Gasteiger partial charge on any atom is 0.387 e. The van der Waals surface area contributed by atoms with E-state index in [-0.39, 0.29) is 11.7 Å². The highest BCUT2D eigenvalue weighted by atomic mass is 32.2. The quantitative estimate of drug-likeness (QED) is 0.859. The van der Waals surface area contributed by atoms with Crippen LogP contribution in [0.15, 0.2) is 40.7 Å². The molecule has 1 heterocycles. The molecule has 1 aromatic rings. The Balaban J connectivity index is 2.21. The average Bonchev–Trinajstić information content (AvgIpc) is 2.69. The van der Waals surface area contributed by atoms with Crippen molar-refractivity contribution >= 4 is 28.5 Å². The first-order valence-corrected chi connectivity index (χ1v) is 6.54. The van der Waals surface area contributed by atoms with Crippen molar-refractivity contribution in [2.45, 2.75) is 13.5 Å². The molecule has 106 valence electrons. The zero-order valence-electron chi connectivity index (χ0n) is 10.7. The lowest BCUT2D eigenvalue weighted by Crippen LogP contribution is -2.24. The fourth-order valence-electron chi connectivity index (χ4n) is 1.69. The molecule has 0 N–H and O–H groups in total. The summed E-state index contributed by atoms with van der Waals surface area (Å²) in [6.07, 6.45) is 0.